The normalized spacial score (nSPS) is 12.6. The van der Waals surface area contributed by atoms with E-state index in [0.717, 1.165) is 34.0 Å². The maximum Gasteiger partial charge on any atom is 0.0696 e. The van der Waals surface area contributed by atoms with Crippen LogP contribution in [0, 0.1) is 0 Å². The third-order valence-corrected chi connectivity index (χ3v) is 4.07. The molecule has 102 valence electrons. The fourth-order valence-corrected chi connectivity index (χ4v) is 3.18. The van der Waals surface area contributed by atoms with E-state index in [0.29, 0.717) is 0 Å². The van der Waals surface area contributed by atoms with E-state index in [1.165, 1.54) is 5.56 Å². The van der Waals surface area contributed by atoms with Crippen LogP contribution in [-0.2, 0) is 13.0 Å². The fourth-order valence-electron chi connectivity index (χ4n) is 2.15. The highest BCUT2D eigenvalue weighted by Gasteiger charge is 2.16. The van der Waals surface area contributed by atoms with E-state index < -0.39 is 0 Å². The van der Waals surface area contributed by atoms with E-state index in [9.17, 15) is 0 Å². The summed E-state index contributed by atoms with van der Waals surface area (Å²) in [6, 6.07) is 8.20. The van der Waals surface area contributed by atoms with Crippen LogP contribution < -0.4 is 5.73 Å². The summed E-state index contributed by atoms with van der Waals surface area (Å²) in [6.07, 6.45) is 3.67. The van der Waals surface area contributed by atoms with Gasteiger partial charge in [0.2, 0.25) is 0 Å². The van der Waals surface area contributed by atoms with Gasteiger partial charge < -0.3 is 5.73 Å². The Bertz CT molecular complexity index is 551. The van der Waals surface area contributed by atoms with Crippen molar-refractivity contribution in [2.45, 2.75) is 32.4 Å². The first-order valence-corrected chi connectivity index (χ1v) is 7.91. The number of aryl methyl sites for hydroxylation is 1. The van der Waals surface area contributed by atoms with Crippen molar-refractivity contribution in [2.24, 2.45) is 5.73 Å². The van der Waals surface area contributed by atoms with E-state index in [1.807, 2.05) is 23.0 Å². The Morgan fingerprint density at radius 2 is 2.16 bits per heavy atom. The lowest BCUT2D eigenvalue weighted by Crippen LogP contribution is -2.19. The van der Waals surface area contributed by atoms with Crippen molar-refractivity contribution in [1.82, 2.24) is 9.78 Å². The molecule has 1 atom stereocenters. The number of nitrogens with zero attached hydrogens (tertiary/aromatic N) is 2. The van der Waals surface area contributed by atoms with Gasteiger partial charge in [-0.15, -0.1) is 0 Å². The molecular formula is C14H17Br2N3. The van der Waals surface area contributed by atoms with Crippen molar-refractivity contribution in [1.29, 1.82) is 0 Å². The third kappa shape index (κ3) is 3.68. The zero-order valence-electron chi connectivity index (χ0n) is 10.8. The third-order valence-electron chi connectivity index (χ3n) is 2.96. The first-order valence-electron chi connectivity index (χ1n) is 6.33. The maximum atomic E-state index is 6.35. The molecule has 0 spiro atoms. The molecule has 0 aliphatic rings. The number of rotatable bonds is 5. The molecule has 1 heterocycles. The van der Waals surface area contributed by atoms with E-state index in [1.54, 1.807) is 0 Å². The monoisotopic (exact) mass is 385 g/mol. The molecule has 0 aliphatic carbocycles. The molecular weight excluding hydrogens is 370 g/mol. The fraction of sp³-hybridized carbons (Fsp3) is 0.357. The highest BCUT2D eigenvalue weighted by Crippen LogP contribution is 2.25. The quantitative estimate of drug-likeness (QED) is 0.841. The molecule has 1 aromatic heterocycles. The molecule has 0 saturated heterocycles. The highest BCUT2D eigenvalue weighted by molar-refractivity contribution is 9.10. The molecule has 1 aromatic carbocycles. The molecule has 0 fully saturated rings. The van der Waals surface area contributed by atoms with Crippen LogP contribution in [0.15, 0.2) is 39.4 Å². The lowest BCUT2D eigenvalue weighted by molar-refractivity contribution is 0.536. The molecule has 3 nitrogen and oxygen atoms in total. The molecule has 2 N–H and O–H groups in total. The van der Waals surface area contributed by atoms with Crippen molar-refractivity contribution >= 4 is 31.9 Å². The van der Waals surface area contributed by atoms with E-state index >= 15 is 0 Å². The van der Waals surface area contributed by atoms with Crippen LogP contribution in [-0.4, -0.2) is 9.78 Å². The minimum absolute atomic E-state index is 0.0577. The van der Waals surface area contributed by atoms with Crippen LogP contribution in [0.2, 0.25) is 0 Å². The Hall–Kier alpha value is -0.650. The number of benzene rings is 1. The lowest BCUT2D eigenvalue weighted by Gasteiger charge is -2.15. The van der Waals surface area contributed by atoms with Gasteiger partial charge in [-0.25, -0.2) is 0 Å². The van der Waals surface area contributed by atoms with Gasteiger partial charge in [-0.1, -0.05) is 35.0 Å². The van der Waals surface area contributed by atoms with Crippen molar-refractivity contribution in [3.05, 3.63) is 50.7 Å². The predicted octanol–water partition coefficient (Wildman–Crippen LogP) is 4.06. The van der Waals surface area contributed by atoms with Gasteiger partial charge in [0.15, 0.2) is 0 Å². The van der Waals surface area contributed by atoms with Crippen LogP contribution in [0.1, 0.15) is 30.6 Å². The zero-order valence-corrected chi connectivity index (χ0v) is 14.0. The number of hydrogen-bond acceptors (Lipinski definition) is 2. The summed E-state index contributed by atoms with van der Waals surface area (Å²) in [5.74, 6) is 0. The zero-order chi connectivity index (χ0) is 13.8. The molecule has 0 saturated carbocycles. The second kappa shape index (κ2) is 6.68. The van der Waals surface area contributed by atoms with Crippen LogP contribution >= 0.6 is 31.9 Å². The Kier molecular flexibility index (Phi) is 5.19. The average Bonchev–Trinajstić information content (AvgIpc) is 2.71. The molecule has 2 rings (SSSR count). The Labute approximate surface area is 130 Å². The van der Waals surface area contributed by atoms with Crippen LogP contribution in [0.4, 0.5) is 0 Å². The number of halogens is 2. The second-order valence-corrected chi connectivity index (χ2v) is 6.31. The molecule has 0 radical (unpaired) electrons. The van der Waals surface area contributed by atoms with Gasteiger partial charge in [-0.3, -0.25) is 4.68 Å². The number of hydrogen-bond donors (Lipinski definition) is 1. The topological polar surface area (TPSA) is 43.8 Å². The standard InChI is InChI=1S/C14H17Br2N3/c1-2-6-19-14(12(16)9-18-19)13(17)8-10-4-3-5-11(15)7-10/h3-5,7,9,13H,2,6,8,17H2,1H3. The number of nitrogens with two attached hydrogens (primary N) is 1. The molecule has 5 heteroatoms. The summed E-state index contributed by atoms with van der Waals surface area (Å²) in [5, 5.41) is 4.37. The van der Waals surface area contributed by atoms with Gasteiger partial charge in [0.25, 0.3) is 0 Å². The number of aromatic nitrogens is 2. The van der Waals surface area contributed by atoms with Crippen molar-refractivity contribution in [3.63, 3.8) is 0 Å². The van der Waals surface area contributed by atoms with E-state index in [-0.39, 0.29) is 6.04 Å². The van der Waals surface area contributed by atoms with Gasteiger partial charge in [0, 0.05) is 11.0 Å². The summed E-state index contributed by atoms with van der Waals surface area (Å²) in [7, 11) is 0. The summed E-state index contributed by atoms with van der Waals surface area (Å²) < 4.78 is 4.06. The largest absolute Gasteiger partial charge is 0.322 e. The molecule has 2 aromatic rings. The molecule has 0 amide bonds. The van der Waals surface area contributed by atoms with E-state index in [2.05, 4.69) is 56.0 Å². The van der Waals surface area contributed by atoms with Gasteiger partial charge in [0.1, 0.15) is 0 Å². The van der Waals surface area contributed by atoms with Crippen LogP contribution in [0.3, 0.4) is 0 Å². The molecule has 0 aliphatic heterocycles. The van der Waals surface area contributed by atoms with Gasteiger partial charge in [-0.05, 0) is 46.5 Å². The summed E-state index contributed by atoms with van der Waals surface area (Å²) in [4.78, 5) is 0. The summed E-state index contributed by atoms with van der Waals surface area (Å²) >= 11 is 7.03. The van der Waals surface area contributed by atoms with Crippen molar-refractivity contribution < 1.29 is 0 Å². The van der Waals surface area contributed by atoms with Gasteiger partial charge in [-0.2, -0.15) is 5.10 Å². The average molecular weight is 387 g/mol. The van der Waals surface area contributed by atoms with Gasteiger partial charge >= 0.3 is 0 Å². The predicted molar refractivity (Wildman–Crippen MR) is 85.0 cm³/mol. The summed E-state index contributed by atoms with van der Waals surface area (Å²) in [5.41, 5.74) is 8.64. The Morgan fingerprint density at radius 3 is 2.84 bits per heavy atom. The highest BCUT2D eigenvalue weighted by atomic mass is 79.9. The molecule has 1 unspecified atom stereocenters. The first-order chi connectivity index (χ1) is 9.11. The molecule has 19 heavy (non-hydrogen) atoms. The van der Waals surface area contributed by atoms with Gasteiger partial charge in [0.05, 0.1) is 22.4 Å². The first kappa shape index (κ1) is 14.8. The SMILES string of the molecule is CCCn1ncc(Br)c1C(N)Cc1cccc(Br)c1. The summed E-state index contributed by atoms with van der Waals surface area (Å²) in [6.45, 7) is 3.03. The lowest BCUT2D eigenvalue weighted by atomic mass is 10.0. The Morgan fingerprint density at radius 1 is 1.37 bits per heavy atom. The maximum absolute atomic E-state index is 6.35. The minimum atomic E-state index is -0.0577. The van der Waals surface area contributed by atoms with Crippen LogP contribution in [0.25, 0.3) is 0 Å². The Balaban J connectivity index is 2.20. The molecule has 0 bridgehead atoms. The smallest absolute Gasteiger partial charge is 0.0696 e. The minimum Gasteiger partial charge on any atom is -0.322 e. The van der Waals surface area contributed by atoms with Crippen LogP contribution in [0.5, 0.6) is 0 Å². The van der Waals surface area contributed by atoms with E-state index in [4.69, 9.17) is 5.73 Å². The van der Waals surface area contributed by atoms with Crippen molar-refractivity contribution in [2.75, 3.05) is 0 Å². The second-order valence-electron chi connectivity index (χ2n) is 4.54. The van der Waals surface area contributed by atoms with Crippen molar-refractivity contribution in [3.8, 4) is 0 Å².